The van der Waals surface area contributed by atoms with Crippen LogP contribution in [-0.2, 0) is 58.1 Å². The van der Waals surface area contributed by atoms with Gasteiger partial charge in [-0.15, -0.1) is 0 Å². The summed E-state index contributed by atoms with van der Waals surface area (Å²) in [5.74, 6) is -5.99. The third-order valence-corrected chi connectivity index (χ3v) is 1.46. The van der Waals surface area contributed by atoms with E-state index in [2.05, 4.69) is 5.73 Å². The fraction of sp³-hybridized carbons (Fsp3) is 0.500. The van der Waals surface area contributed by atoms with Gasteiger partial charge in [-0.2, -0.15) is 0 Å². The minimum atomic E-state index is -2.74. The maximum atomic E-state index is 10.3. The average molecular weight is 422 g/mol. The molecule has 0 aliphatic carbocycles. The third-order valence-electron chi connectivity index (χ3n) is 1.46. The molecule has 110 valence electrons. The molecule has 7 N–H and O–H groups in total. The number of carboxylic acid groups (broad SMARTS) is 4. The molecule has 13 heteroatoms. The maximum absolute atomic E-state index is 10.3. The van der Waals surface area contributed by atoms with Crippen LogP contribution in [0.5, 0.6) is 0 Å². The van der Waals surface area contributed by atoms with Gasteiger partial charge in [-0.05, 0) is 0 Å². The fourth-order valence-electron chi connectivity index (χ4n) is 0.714. The normalized spacial score (nSPS) is 8.48. The summed E-state index contributed by atoms with van der Waals surface area (Å²) in [4.78, 5) is 39.7. The van der Waals surface area contributed by atoms with Gasteiger partial charge in [0, 0.05) is 39.0 Å². The van der Waals surface area contributed by atoms with Gasteiger partial charge in [0.1, 0.15) is 0 Å². The molecule has 0 bridgehead atoms. The Kier molecular flexibility index (Phi) is 25.7. The molecule has 21 heavy (non-hydrogen) atoms. The van der Waals surface area contributed by atoms with Gasteiger partial charge in [0.05, 0.1) is 19.4 Å². The number of aliphatic carboxylic acids is 4. The molecule has 0 aliphatic heterocycles. The average Bonchev–Trinajstić information content (AvgIpc) is 2.15. The van der Waals surface area contributed by atoms with Crippen molar-refractivity contribution >= 4 is 53.4 Å². The van der Waals surface area contributed by atoms with Crippen LogP contribution in [-0.4, -0.2) is 91.1 Å². The van der Waals surface area contributed by atoms with E-state index in [0.29, 0.717) is 0 Å². The summed E-state index contributed by atoms with van der Waals surface area (Å²) in [6, 6.07) is 0. The van der Waals surface area contributed by atoms with E-state index in [0.717, 1.165) is 0 Å². The second kappa shape index (κ2) is 16.4. The molecule has 0 aromatic heterocycles. The number of hydrogen-bond acceptors (Lipinski definition) is 6. The van der Waals surface area contributed by atoms with Crippen LogP contribution in [0.3, 0.4) is 0 Å². The van der Waals surface area contributed by atoms with Crippen molar-refractivity contribution in [3.05, 3.63) is 0 Å². The zero-order valence-electron chi connectivity index (χ0n) is 10.5. The van der Waals surface area contributed by atoms with Crippen molar-refractivity contribution in [1.82, 2.24) is 0 Å². The number of carbonyl (C=O) groups is 4. The van der Waals surface area contributed by atoms with Crippen LogP contribution in [0.2, 0.25) is 0 Å². The molecule has 0 aromatic rings. The Morgan fingerprint density at radius 1 is 0.810 bits per heavy atom. The van der Waals surface area contributed by atoms with E-state index in [1.54, 1.807) is 0 Å². The molecule has 0 atom stereocenters. The molecule has 0 unspecified atom stereocenters. The summed E-state index contributed by atoms with van der Waals surface area (Å²) >= 11 is 0. The van der Waals surface area contributed by atoms with E-state index in [-0.39, 0.29) is 75.1 Å². The Bertz CT molecular complexity index is 337. The summed E-state index contributed by atoms with van der Waals surface area (Å²) in [6.45, 7) is -0.278. The monoisotopic (exact) mass is 419 g/mol. The first-order valence-corrected chi connectivity index (χ1v) is 4.36. The van der Waals surface area contributed by atoms with Crippen LogP contribution in [0.4, 0.5) is 0 Å². The third kappa shape index (κ3) is 20.0. The molecule has 0 saturated heterocycles. The van der Waals surface area contributed by atoms with Gasteiger partial charge in [0.15, 0.2) is 5.60 Å². The predicted octanol–water partition coefficient (Wildman–Crippen LogP) is -2.87. The minimum absolute atomic E-state index is 0. The first-order chi connectivity index (χ1) is 8.05. The van der Waals surface area contributed by atoms with Crippen molar-refractivity contribution in [2.24, 2.45) is 5.73 Å². The van der Waals surface area contributed by atoms with Crippen LogP contribution < -0.4 is 5.73 Å². The predicted molar refractivity (Wildman–Crippen MR) is 60.9 cm³/mol. The zero-order valence-corrected chi connectivity index (χ0v) is 16.4. The van der Waals surface area contributed by atoms with Gasteiger partial charge in [-0.1, -0.05) is 0 Å². The first kappa shape index (κ1) is 32.8. The number of carboxylic acids is 4. The van der Waals surface area contributed by atoms with Gasteiger partial charge in [0.2, 0.25) is 0 Å². The fourth-order valence-corrected chi connectivity index (χ4v) is 0.714. The Balaban J connectivity index is -0.0000000933. The van der Waals surface area contributed by atoms with Crippen molar-refractivity contribution in [1.29, 1.82) is 0 Å². The van der Waals surface area contributed by atoms with Crippen LogP contribution in [0.1, 0.15) is 12.8 Å². The van der Waals surface area contributed by atoms with Crippen molar-refractivity contribution in [2.75, 3.05) is 6.54 Å². The first-order valence-electron chi connectivity index (χ1n) is 4.36. The smallest absolute Gasteiger partial charge is 0 e. The van der Waals surface area contributed by atoms with E-state index < -0.39 is 42.3 Å². The Hall–Kier alpha value is 0.0468. The van der Waals surface area contributed by atoms with Gasteiger partial charge in [0.25, 0.3) is 0 Å². The van der Waals surface area contributed by atoms with E-state index in [4.69, 9.17) is 25.5 Å². The summed E-state index contributed by atoms with van der Waals surface area (Å²) in [5.41, 5.74) is 1.83. The van der Waals surface area contributed by atoms with Crippen LogP contribution in [0, 0.1) is 0 Å². The summed E-state index contributed by atoms with van der Waals surface area (Å²) in [6.07, 6.45) is -2.29. The number of aliphatic hydroxyl groups is 1. The van der Waals surface area contributed by atoms with Gasteiger partial charge in [-0.25, -0.2) is 4.79 Å². The number of nitrogens with two attached hydrogens (primary N) is 1. The zero-order chi connectivity index (χ0) is 14.9. The molecule has 0 rings (SSSR count). The van der Waals surface area contributed by atoms with Crippen molar-refractivity contribution in [2.45, 2.75) is 18.4 Å². The molecule has 0 aliphatic rings. The maximum Gasteiger partial charge on any atom is 0 e. The van der Waals surface area contributed by atoms with E-state index in [1.807, 2.05) is 0 Å². The van der Waals surface area contributed by atoms with Crippen LogP contribution in [0.25, 0.3) is 0 Å². The van der Waals surface area contributed by atoms with E-state index in [1.165, 1.54) is 0 Å². The second-order valence-electron chi connectivity index (χ2n) is 3.08. The standard InChI is InChI=1S/C6H8O7.C2H5NO2.Na.2Zn.H/c7-3(8)1-6(13,5(11)12)2-4(9)10;3-1-2(4)5;;;;/h13H,1-2H2,(H,7,8)(H,9,10)(H,11,12);1,3H2,(H,4,5);;;;. The minimum Gasteiger partial charge on any atom is 0 e. The Labute approximate surface area is 166 Å². The molecule has 0 aromatic carbocycles. The molecule has 10 nitrogen and oxygen atoms in total. The van der Waals surface area contributed by atoms with E-state index in [9.17, 15) is 19.2 Å². The molecule has 0 saturated carbocycles. The molecule has 0 radical (unpaired) electrons. The summed E-state index contributed by atoms with van der Waals surface area (Å²) < 4.78 is 0. The van der Waals surface area contributed by atoms with Gasteiger partial charge < -0.3 is 31.3 Å². The Morgan fingerprint density at radius 3 is 1.14 bits per heavy atom. The summed E-state index contributed by atoms with van der Waals surface area (Å²) in [5, 5.41) is 41.4. The Morgan fingerprint density at radius 2 is 1.05 bits per heavy atom. The number of hydrogen-bond donors (Lipinski definition) is 6. The van der Waals surface area contributed by atoms with Crippen LogP contribution >= 0.6 is 0 Å². The number of rotatable bonds is 6. The molecule has 0 heterocycles. The molecule has 0 amide bonds. The second-order valence-corrected chi connectivity index (χ2v) is 3.08. The largest absolute Gasteiger partial charge is 0 e. The van der Waals surface area contributed by atoms with Crippen LogP contribution in [0.15, 0.2) is 0 Å². The van der Waals surface area contributed by atoms with E-state index >= 15 is 0 Å². The van der Waals surface area contributed by atoms with Crippen molar-refractivity contribution in [3.8, 4) is 0 Å². The SMILES string of the molecule is NCC(=O)O.O=C(O)CC(O)(CC(=O)O)C(=O)O.[NaH].[Zn].[Zn]. The molecule has 0 spiro atoms. The summed E-state index contributed by atoms with van der Waals surface area (Å²) in [7, 11) is 0. The quantitative estimate of drug-likeness (QED) is 0.242. The van der Waals surface area contributed by atoms with Crippen molar-refractivity contribution < 1.29 is 83.7 Å². The molecule has 0 fully saturated rings. The molecular weight excluding hydrogens is 408 g/mol. The van der Waals surface area contributed by atoms with Gasteiger partial charge >= 0.3 is 53.4 Å². The molecular formula is C8H14NNaO9Zn2. The topological polar surface area (TPSA) is 195 Å². The van der Waals surface area contributed by atoms with Crippen molar-refractivity contribution in [3.63, 3.8) is 0 Å². The van der Waals surface area contributed by atoms with Gasteiger partial charge in [-0.3, -0.25) is 14.4 Å².